The first-order valence-corrected chi connectivity index (χ1v) is 10.9. The van der Waals surface area contributed by atoms with Crippen LogP contribution in [0.4, 0.5) is 5.69 Å². The molecule has 9 nitrogen and oxygen atoms in total. The van der Waals surface area contributed by atoms with Crippen LogP contribution in [-0.2, 0) is 9.59 Å². The van der Waals surface area contributed by atoms with Gasteiger partial charge in [-0.2, -0.15) is 4.68 Å². The topological polar surface area (TPSA) is 101 Å². The van der Waals surface area contributed by atoms with Crippen LogP contribution in [0.3, 0.4) is 0 Å². The molecule has 0 aliphatic carbocycles. The van der Waals surface area contributed by atoms with E-state index in [2.05, 4.69) is 15.5 Å². The van der Waals surface area contributed by atoms with Gasteiger partial charge in [-0.1, -0.05) is 42.1 Å². The number of rotatable bonds is 4. The molecule has 156 valence electrons. The van der Waals surface area contributed by atoms with Gasteiger partial charge < -0.3 is 4.90 Å². The molecule has 0 spiro atoms. The quantitative estimate of drug-likeness (QED) is 0.578. The molecular formula is C21H18N6O3S. The Balaban J connectivity index is 1.43. The Bertz CT molecular complexity index is 1160. The largest absolute Gasteiger partial charge is 0.327 e. The molecule has 31 heavy (non-hydrogen) atoms. The number of hydrogen-bond donors (Lipinski definition) is 0. The van der Waals surface area contributed by atoms with E-state index in [4.69, 9.17) is 0 Å². The highest BCUT2D eigenvalue weighted by Gasteiger charge is 2.43. The highest BCUT2D eigenvalue weighted by molar-refractivity contribution is 7.99. The van der Waals surface area contributed by atoms with Crippen LogP contribution in [-0.4, -0.2) is 61.2 Å². The lowest BCUT2D eigenvalue weighted by molar-refractivity contribution is -0.127. The maximum atomic E-state index is 13.3. The third-order valence-corrected chi connectivity index (χ3v) is 6.31. The third-order valence-electron chi connectivity index (χ3n) is 5.41. The Labute approximate surface area is 182 Å². The summed E-state index contributed by atoms with van der Waals surface area (Å²) in [5.74, 6) is -1.02. The average Bonchev–Trinajstić information content (AvgIpc) is 3.46. The number of hydrogen-bond acceptors (Lipinski definition) is 7. The van der Waals surface area contributed by atoms with Crippen molar-refractivity contribution in [3.8, 4) is 5.69 Å². The zero-order valence-electron chi connectivity index (χ0n) is 16.4. The zero-order chi connectivity index (χ0) is 21.4. The van der Waals surface area contributed by atoms with Crippen LogP contribution >= 0.6 is 11.8 Å². The second-order valence-electron chi connectivity index (χ2n) is 7.24. The molecule has 2 aliphatic heterocycles. The molecule has 0 unspecified atom stereocenters. The van der Waals surface area contributed by atoms with Crippen LogP contribution in [0.2, 0.25) is 0 Å². The number of carbonyl (C=O) groups is 3. The molecule has 3 heterocycles. The maximum absolute atomic E-state index is 13.3. The molecule has 10 heteroatoms. The van der Waals surface area contributed by atoms with Gasteiger partial charge in [0.05, 0.1) is 22.7 Å². The minimum atomic E-state index is -0.608. The molecule has 5 rings (SSSR count). The van der Waals surface area contributed by atoms with Crippen molar-refractivity contribution in [2.24, 2.45) is 0 Å². The summed E-state index contributed by atoms with van der Waals surface area (Å²) in [7, 11) is 0. The first-order chi connectivity index (χ1) is 15.1. The predicted octanol–water partition coefficient (Wildman–Crippen LogP) is 1.93. The van der Waals surface area contributed by atoms with Gasteiger partial charge in [0, 0.05) is 6.54 Å². The molecule has 0 bridgehead atoms. The van der Waals surface area contributed by atoms with Crippen LogP contribution in [0, 0.1) is 0 Å². The normalized spacial score (nSPS) is 18.0. The summed E-state index contributed by atoms with van der Waals surface area (Å²) in [4.78, 5) is 42.2. The molecule has 0 N–H and O–H groups in total. The molecule has 1 aromatic heterocycles. The van der Waals surface area contributed by atoms with E-state index in [0.717, 1.165) is 28.8 Å². The molecule has 1 saturated heterocycles. The number of aromatic nitrogens is 4. The van der Waals surface area contributed by atoms with Crippen LogP contribution in [0.5, 0.6) is 0 Å². The lowest BCUT2D eigenvalue weighted by Crippen LogP contribution is -2.47. The third kappa shape index (κ3) is 3.38. The van der Waals surface area contributed by atoms with E-state index in [1.807, 2.05) is 30.3 Å². The Morgan fingerprint density at radius 3 is 2.68 bits per heavy atom. The summed E-state index contributed by atoms with van der Waals surface area (Å²) in [5, 5.41) is 12.1. The van der Waals surface area contributed by atoms with Gasteiger partial charge in [0.2, 0.25) is 11.1 Å². The molecule has 3 aromatic rings. The van der Waals surface area contributed by atoms with E-state index >= 15 is 0 Å². The van der Waals surface area contributed by atoms with E-state index in [9.17, 15) is 14.4 Å². The van der Waals surface area contributed by atoms with Gasteiger partial charge in [-0.25, -0.2) is 4.90 Å². The van der Waals surface area contributed by atoms with Crippen molar-refractivity contribution in [3.63, 3.8) is 0 Å². The minimum absolute atomic E-state index is 0.0474. The first kappa shape index (κ1) is 19.4. The number of fused-ring (bicyclic) bond motifs is 2. The van der Waals surface area contributed by atoms with E-state index in [1.165, 1.54) is 0 Å². The Morgan fingerprint density at radius 2 is 1.84 bits per heavy atom. The molecule has 3 amide bonds. The smallest absolute Gasteiger partial charge is 0.256 e. The van der Waals surface area contributed by atoms with Crippen molar-refractivity contribution in [2.45, 2.75) is 24.0 Å². The Morgan fingerprint density at radius 1 is 1.06 bits per heavy atom. The fourth-order valence-electron chi connectivity index (χ4n) is 3.99. The summed E-state index contributed by atoms with van der Waals surface area (Å²) in [6.45, 7) is 0.520. The number of anilines is 1. The van der Waals surface area contributed by atoms with Gasteiger partial charge in [-0.05, 0) is 47.5 Å². The number of para-hydroxylation sites is 2. The van der Waals surface area contributed by atoms with Crippen molar-refractivity contribution in [3.05, 3.63) is 60.2 Å². The van der Waals surface area contributed by atoms with Crippen molar-refractivity contribution in [1.82, 2.24) is 25.1 Å². The van der Waals surface area contributed by atoms with Gasteiger partial charge in [0.15, 0.2) is 0 Å². The van der Waals surface area contributed by atoms with Crippen LogP contribution in [0.15, 0.2) is 59.8 Å². The number of tetrazole rings is 1. The maximum Gasteiger partial charge on any atom is 0.256 e. The van der Waals surface area contributed by atoms with Gasteiger partial charge in [-0.3, -0.25) is 14.4 Å². The Hall–Kier alpha value is -3.53. The summed E-state index contributed by atoms with van der Waals surface area (Å²) < 4.78 is 1.54. The molecule has 0 radical (unpaired) electrons. The zero-order valence-corrected chi connectivity index (χ0v) is 17.2. The summed E-state index contributed by atoms with van der Waals surface area (Å²) in [6, 6.07) is 15.5. The van der Waals surface area contributed by atoms with Crippen LogP contribution < -0.4 is 4.90 Å². The first-order valence-electron chi connectivity index (χ1n) is 9.88. The molecular weight excluding hydrogens is 416 g/mol. The van der Waals surface area contributed by atoms with Crippen molar-refractivity contribution in [2.75, 3.05) is 17.2 Å². The van der Waals surface area contributed by atoms with Crippen molar-refractivity contribution >= 4 is 35.2 Å². The second kappa shape index (κ2) is 7.95. The molecule has 2 aromatic carbocycles. The predicted molar refractivity (Wildman–Crippen MR) is 113 cm³/mol. The molecule has 2 aliphatic rings. The second-order valence-corrected chi connectivity index (χ2v) is 8.18. The minimum Gasteiger partial charge on any atom is -0.327 e. The fourth-order valence-corrected chi connectivity index (χ4v) is 4.73. The van der Waals surface area contributed by atoms with Crippen LogP contribution in [0.25, 0.3) is 5.69 Å². The van der Waals surface area contributed by atoms with E-state index in [0.29, 0.717) is 29.4 Å². The molecule has 1 fully saturated rings. The van der Waals surface area contributed by atoms with Crippen molar-refractivity contribution in [1.29, 1.82) is 0 Å². The lowest BCUT2D eigenvalue weighted by atomic mass is 10.1. The van der Waals surface area contributed by atoms with E-state index in [1.54, 1.807) is 33.8 Å². The van der Waals surface area contributed by atoms with E-state index < -0.39 is 11.9 Å². The highest BCUT2D eigenvalue weighted by atomic mass is 32.2. The molecule has 0 saturated carbocycles. The standard InChI is InChI=1S/C21H18N6O3S/c28-18(13-31-21-22-23-24-27(21)14-7-2-1-3-8-14)26-16-10-5-4-9-15(16)19(29)25-12-6-11-17(25)20(26)30/h1-5,7-10,17H,6,11-13H2/t17-/m0/s1. The Kier molecular flexibility index (Phi) is 4.99. The van der Waals surface area contributed by atoms with Gasteiger partial charge in [0.1, 0.15) is 6.04 Å². The van der Waals surface area contributed by atoms with Crippen LogP contribution in [0.1, 0.15) is 23.2 Å². The number of thioether (sulfide) groups is 1. The summed E-state index contributed by atoms with van der Waals surface area (Å²) in [5.41, 5.74) is 1.47. The number of benzene rings is 2. The number of nitrogens with zero attached hydrogens (tertiary/aromatic N) is 6. The summed E-state index contributed by atoms with van der Waals surface area (Å²) in [6.07, 6.45) is 1.30. The SMILES string of the molecule is O=C(CSc1nnnn1-c1ccccc1)N1C(=O)[C@@H]2CCCN2C(=O)c2ccccc21. The van der Waals surface area contributed by atoms with Gasteiger partial charge >= 0.3 is 0 Å². The van der Waals surface area contributed by atoms with E-state index in [-0.39, 0.29) is 17.6 Å². The molecule has 1 atom stereocenters. The fraction of sp³-hybridized carbons (Fsp3) is 0.238. The van der Waals surface area contributed by atoms with Crippen molar-refractivity contribution < 1.29 is 14.4 Å². The average molecular weight is 434 g/mol. The number of carbonyl (C=O) groups excluding carboxylic acids is 3. The number of imide groups is 1. The summed E-state index contributed by atoms with van der Waals surface area (Å²) >= 11 is 1.14. The lowest BCUT2D eigenvalue weighted by Gasteiger charge is -2.24. The monoisotopic (exact) mass is 434 g/mol. The highest BCUT2D eigenvalue weighted by Crippen LogP contribution is 2.33. The number of amides is 3. The van der Waals surface area contributed by atoms with Gasteiger partial charge in [0.25, 0.3) is 11.8 Å². The van der Waals surface area contributed by atoms with Gasteiger partial charge in [-0.15, -0.1) is 5.10 Å².